The van der Waals surface area contributed by atoms with Crippen molar-refractivity contribution in [1.82, 2.24) is 4.31 Å². The van der Waals surface area contributed by atoms with Gasteiger partial charge in [-0.25, -0.2) is 8.42 Å². The van der Waals surface area contributed by atoms with Crippen LogP contribution in [0.2, 0.25) is 0 Å². The minimum Gasteiger partial charge on any atom is -0.323 e. The highest BCUT2D eigenvalue weighted by Gasteiger charge is 2.24. The summed E-state index contributed by atoms with van der Waals surface area (Å²) in [5.41, 5.74) is 2.27. The Kier molecular flexibility index (Phi) is 7.39. The van der Waals surface area contributed by atoms with Crippen molar-refractivity contribution in [1.29, 1.82) is 5.26 Å². The molecule has 0 aliphatic carbocycles. The fourth-order valence-electron chi connectivity index (χ4n) is 3.34. The van der Waals surface area contributed by atoms with E-state index >= 15 is 0 Å². The van der Waals surface area contributed by atoms with Crippen LogP contribution in [0.15, 0.2) is 59.5 Å². The molecule has 1 aliphatic heterocycles. The zero-order valence-electron chi connectivity index (χ0n) is 16.8. The molecule has 156 valence electrons. The largest absolute Gasteiger partial charge is 0.323 e. The van der Waals surface area contributed by atoms with Crippen LogP contribution in [0.1, 0.15) is 36.8 Å². The summed E-state index contributed by atoms with van der Waals surface area (Å²) in [4.78, 5) is 12.4. The number of nitrogens with one attached hydrogen (secondary N) is 1. The van der Waals surface area contributed by atoms with Crippen molar-refractivity contribution in [3.05, 3.63) is 65.7 Å². The Morgan fingerprint density at radius 2 is 1.63 bits per heavy atom. The van der Waals surface area contributed by atoms with Gasteiger partial charge >= 0.3 is 0 Å². The van der Waals surface area contributed by atoms with Crippen LogP contribution in [-0.2, 0) is 21.2 Å². The summed E-state index contributed by atoms with van der Waals surface area (Å²) >= 11 is 0. The van der Waals surface area contributed by atoms with Crippen molar-refractivity contribution in [2.75, 3.05) is 18.4 Å². The van der Waals surface area contributed by atoms with Crippen LogP contribution in [0.4, 0.5) is 5.69 Å². The summed E-state index contributed by atoms with van der Waals surface area (Å²) in [6.07, 6.45) is 7.32. The highest BCUT2D eigenvalue weighted by Crippen LogP contribution is 2.21. The molecule has 7 heteroatoms. The van der Waals surface area contributed by atoms with Gasteiger partial charge in [0.25, 0.3) is 0 Å². The summed E-state index contributed by atoms with van der Waals surface area (Å²) in [7, 11) is -3.47. The lowest BCUT2D eigenvalue weighted by Crippen LogP contribution is -2.31. The van der Waals surface area contributed by atoms with Gasteiger partial charge in [0.15, 0.2) is 0 Å². The van der Waals surface area contributed by atoms with Crippen molar-refractivity contribution >= 4 is 27.7 Å². The van der Waals surface area contributed by atoms with Crippen molar-refractivity contribution in [2.24, 2.45) is 0 Å². The quantitative estimate of drug-likeness (QED) is 0.712. The highest BCUT2D eigenvalue weighted by atomic mass is 32.2. The summed E-state index contributed by atoms with van der Waals surface area (Å²) in [5.74, 6) is -0.288. The number of carbonyl (C=O) groups excluding carboxylic acids is 1. The second-order valence-electron chi connectivity index (χ2n) is 7.24. The maximum Gasteiger partial charge on any atom is 0.248 e. The highest BCUT2D eigenvalue weighted by molar-refractivity contribution is 7.89. The van der Waals surface area contributed by atoms with Crippen LogP contribution in [0, 0.1) is 11.3 Å². The minimum absolute atomic E-state index is 0.281. The van der Waals surface area contributed by atoms with Crippen molar-refractivity contribution in [3.63, 3.8) is 0 Å². The van der Waals surface area contributed by atoms with Gasteiger partial charge in [-0.3, -0.25) is 4.79 Å². The first-order chi connectivity index (χ1) is 14.5. The Morgan fingerprint density at radius 1 is 1.00 bits per heavy atom. The second kappa shape index (κ2) is 10.2. The average Bonchev–Trinajstić information content (AvgIpc) is 3.04. The molecule has 0 spiro atoms. The lowest BCUT2D eigenvalue weighted by atomic mass is 10.1. The molecule has 3 rings (SSSR count). The zero-order chi connectivity index (χ0) is 21.4. The molecule has 0 bridgehead atoms. The number of nitrogens with zero attached hydrogens (tertiary/aromatic N) is 2. The smallest absolute Gasteiger partial charge is 0.248 e. The van der Waals surface area contributed by atoms with E-state index in [1.54, 1.807) is 58.9 Å². The van der Waals surface area contributed by atoms with E-state index < -0.39 is 10.0 Å². The van der Waals surface area contributed by atoms with Gasteiger partial charge in [0.05, 0.1) is 17.4 Å². The third-order valence-electron chi connectivity index (χ3n) is 5.01. The molecule has 0 saturated carbocycles. The van der Waals surface area contributed by atoms with Crippen LogP contribution in [-0.4, -0.2) is 31.7 Å². The monoisotopic (exact) mass is 423 g/mol. The van der Waals surface area contributed by atoms with Gasteiger partial charge in [-0.1, -0.05) is 37.1 Å². The number of rotatable bonds is 6. The van der Waals surface area contributed by atoms with E-state index in [9.17, 15) is 13.2 Å². The van der Waals surface area contributed by atoms with Gasteiger partial charge in [0.1, 0.15) is 0 Å². The summed E-state index contributed by atoms with van der Waals surface area (Å²) in [6, 6.07) is 15.8. The molecule has 0 unspecified atom stereocenters. The van der Waals surface area contributed by atoms with E-state index in [0.717, 1.165) is 36.8 Å². The minimum atomic E-state index is -3.47. The number of benzene rings is 2. The Labute approximate surface area is 177 Å². The fraction of sp³-hybridized carbons (Fsp3) is 0.304. The topological polar surface area (TPSA) is 90.3 Å². The first-order valence-corrected chi connectivity index (χ1v) is 11.5. The van der Waals surface area contributed by atoms with Crippen LogP contribution in [0.3, 0.4) is 0 Å². The van der Waals surface area contributed by atoms with E-state index in [0.29, 0.717) is 25.2 Å². The molecule has 0 radical (unpaired) electrons. The maximum absolute atomic E-state index is 12.8. The molecule has 1 fully saturated rings. The van der Waals surface area contributed by atoms with Crippen molar-refractivity contribution in [3.8, 4) is 6.07 Å². The molecule has 1 saturated heterocycles. The van der Waals surface area contributed by atoms with E-state index in [4.69, 9.17) is 5.26 Å². The van der Waals surface area contributed by atoms with Crippen molar-refractivity contribution < 1.29 is 13.2 Å². The predicted molar refractivity (Wildman–Crippen MR) is 117 cm³/mol. The van der Waals surface area contributed by atoms with E-state index in [-0.39, 0.29) is 10.8 Å². The van der Waals surface area contributed by atoms with E-state index in [1.165, 1.54) is 6.08 Å². The first-order valence-electron chi connectivity index (χ1n) is 10.0. The molecule has 2 aromatic rings. The lowest BCUT2D eigenvalue weighted by Gasteiger charge is -2.19. The molecule has 30 heavy (non-hydrogen) atoms. The molecule has 0 atom stereocenters. The van der Waals surface area contributed by atoms with Crippen LogP contribution in [0.5, 0.6) is 0 Å². The molecule has 6 nitrogen and oxygen atoms in total. The summed E-state index contributed by atoms with van der Waals surface area (Å²) in [6.45, 7) is 1.14. The maximum atomic E-state index is 12.8. The number of nitriles is 1. The van der Waals surface area contributed by atoms with E-state index in [2.05, 4.69) is 11.4 Å². The van der Waals surface area contributed by atoms with Gasteiger partial charge < -0.3 is 5.32 Å². The number of sulfonamides is 1. The zero-order valence-corrected chi connectivity index (χ0v) is 17.6. The molecule has 0 aromatic heterocycles. The van der Waals surface area contributed by atoms with Gasteiger partial charge in [-0.05, 0) is 54.3 Å². The Hall–Kier alpha value is -2.95. The first kappa shape index (κ1) is 21.8. The third-order valence-corrected chi connectivity index (χ3v) is 6.93. The lowest BCUT2D eigenvalue weighted by molar-refractivity contribution is -0.111. The number of hydrogen-bond donors (Lipinski definition) is 1. The molecule has 1 amide bonds. The molecule has 1 heterocycles. The Bertz CT molecular complexity index is 1030. The number of carbonyl (C=O) groups is 1. The van der Waals surface area contributed by atoms with E-state index in [1.807, 2.05) is 0 Å². The fourth-order valence-corrected chi connectivity index (χ4v) is 4.85. The van der Waals surface area contributed by atoms with Crippen molar-refractivity contribution in [2.45, 2.75) is 37.0 Å². The van der Waals surface area contributed by atoms with Gasteiger partial charge in [-0.2, -0.15) is 9.57 Å². The number of hydrogen-bond acceptors (Lipinski definition) is 4. The Morgan fingerprint density at radius 3 is 2.23 bits per heavy atom. The molecular weight excluding hydrogens is 398 g/mol. The third kappa shape index (κ3) is 5.78. The van der Waals surface area contributed by atoms with Gasteiger partial charge in [-0.15, -0.1) is 0 Å². The van der Waals surface area contributed by atoms with Crippen LogP contribution < -0.4 is 5.32 Å². The van der Waals surface area contributed by atoms with Crippen LogP contribution >= 0.6 is 0 Å². The summed E-state index contributed by atoms with van der Waals surface area (Å²) < 4.78 is 27.2. The standard InChI is InChI=1S/C23H25N3O3S/c24-16-15-20-5-10-21(11-6-20)25-23(27)14-9-19-7-12-22(13-8-19)30(28,29)26-17-3-1-2-4-18-26/h5-14H,1-4,15,17-18H2,(H,25,27)/b14-9+. The van der Waals surface area contributed by atoms with Gasteiger partial charge in [0.2, 0.25) is 15.9 Å². The number of amides is 1. The second-order valence-corrected chi connectivity index (χ2v) is 9.18. The predicted octanol–water partition coefficient (Wildman–Crippen LogP) is 3.97. The Balaban J connectivity index is 1.61. The SMILES string of the molecule is N#CCc1ccc(NC(=O)/C=C/c2ccc(S(=O)(=O)N3CCCCCC3)cc2)cc1. The number of anilines is 1. The molecule has 2 aromatic carbocycles. The molecule has 1 aliphatic rings. The average molecular weight is 424 g/mol. The molecule has 1 N–H and O–H groups in total. The van der Waals surface area contributed by atoms with Gasteiger partial charge in [0, 0.05) is 24.9 Å². The summed E-state index contributed by atoms with van der Waals surface area (Å²) in [5, 5.41) is 11.4. The molecular formula is C23H25N3O3S. The normalized spacial score (nSPS) is 15.4. The van der Waals surface area contributed by atoms with Crippen LogP contribution in [0.25, 0.3) is 6.08 Å².